The van der Waals surface area contributed by atoms with Crippen molar-refractivity contribution < 1.29 is 33.4 Å². The fourth-order valence-corrected chi connectivity index (χ4v) is 11.2. The Morgan fingerprint density at radius 2 is 1.60 bits per heavy atom. The number of carbonyl (C=O) groups is 4. The largest absolute Gasteiger partial charge is 0.453 e. The lowest BCUT2D eigenvalue weighted by Crippen LogP contribution is -2.54. The van der Waals surface area contributed by atoms with E-state index in [1.165, 1.54) is 19.8 Å². The van der Waals surface area contributed by atoms with Crippen LogP contribution in [0.1, 0.15) is 93.8 Å². The number of aromatic nitrogens is 4. The molecule has 63 heavy (non-hydrogen) atoms. The van der Waals surface area contributed by atoms with Crippen LogP contribution >= 0.6 is 0 Å². The van der Waals surface area contributed by atoms with E-state index < -0.39 is 24.3 Å². The molecule has 6 atom stereocenters. The van der Waals surface area contributed by atoms with Gasteiger partial charge in [-0.3, -0.25) is 9.59 Å². The summed E-state index contributed by atoms with van der Waals surface area (Å²) < 4.78 is 15.3. The Labute approximate surface area is 366 Å². The minimum absolute atomic E-state index is 0.0316. The molecule has 4 fully saturated rings. The van der Waals surface area contributed by atoms with Crippen molar-refractivity contribution in [2.45, 2.75) is 102 Å². The van der Waals surface area contributed by atoms with Crippen LogP contribution in [0, 0.1) is 17.8 Å². The standard InChI is InChI=1S/C48H56N8O7/c1-25(2)38(53-47(59)61-3)46(58)56-32-12-7-31(24-32)42(56)44-50-36-16-11-30-23-28(9-14-34(30)41(36)52-44)27-8-13-33-29(22-27)10-15-35-40(33)51-43(49-35)37-6-5-19-55(37)45(57)39(54-48(60)62-4)26-17-20-63-21-18-26/h8-10,13-15,22-23,25-26,31-32,37-39,42H,5-7,11-12,16-21,24H2,1-4H3,(H,49,51)(H,50,52)(H,53,59)(H,54,60)/t31-,32+,37-,38-,39?,42-/m0/s1. The van der Waals surface area contributed by atoms with E-state index in [1.54, 1.807) is 0 Å². The van der Waals surface area contributed by atoms with Gasteiger partial charge in [-0.2, -0.15) is 0 Å². The highest BCUT2D eigenvalue weighted by Crippen LogP contribution is 2.51. The lowest BCUT2D eigenvalue weighted by Gasteiger charge is -2.37. The Morgan fingerprint density at radius 1 is 0.825 bits per heavy atom. The Kier molecular flexibility index (Phi) is 10.8. The number of fused-ring (bicyclic) bond motifs is 8. The van der Waals surface area contributed by atoms with E-state index in [-0.39, 0.29) is 41.8 Å². The number of piperidine rings is 1. The molecule has 5 aliphatic rings. The molecular weight excluding hydrogens is 801 g/mol. The van der Waals surface area contributed by atoms with Crippen LogP contribution in [0.3, 0.4) is 0 Å². The number of hydrogen-bond acceptors (Lipinski definition) is 9. The minimum atomic E-state index is -0.690. The van der Waals surface area contributed by atoms with Crippen molar-refractivity contribution in [2.75, 3.05) is 34.0 Å². The van der Waals surface area contributed by atoms with Gasteiger partial charge in [0, 0.05) is 36.8 Å². The van der Waals surface area contributed by atoms with Crippen LogP contribution in [0.4, 0.5) is 9.59 Å². The van der Waals surface area contributed by atoms with Gasteiger partial charge in [-0.05, 0) is 110 Å². The molecule has 5 heterocycles. The number of likely N-dealkylation sites (tertiary alicyclic amines) is 2. The van der Waals surface area contributed by atoms with Crippen LogP contribution in [0.25, 0.3) is 44.2 Å². The summed E-state index contributed by atoms with van der Waals surface area (Å²) >= 11 is 0. The number of imidazole rings is 2. The van der Waals surface area contributed by atoms with Gasteiger partial charge in [0.2, 0.25) is 11.8 Å². The Bertz CT molecular complexity index is 2600. The maximum absolute atomic E-state index is 14.2. The average molecular weight is 857 g/mol. The van der Waals surface area contributed by atoms with Gasteiger partial charge in [0.25, 0.3) is 0 Å². The average Bonchev–Trinajstić information content (AvgIpc) is 4.17. The quantitative estimate of drug-likeness (QED) is 0.120. The number of aryl methyl sites for hydroxylation is 2. The van der Waals surface area contributed by atoms with Crippen LogP contribution in [-0.2, 0) is 36.6 Å². The Balaban J connectivity index is 0.893. The molecule has 3 aliphatic heterocycles. The number of ether oxygens (including phenoxy) is 3. The molecule has 0 spiro atoms. The van der Waals surface area contributed by atoms with E-state index >= 15 is 0 Å². The topological polar surface area (TPSA) is 184 Å². The van der Waals surface area contributed by atoms with E-state index in [0.29, 0.717) is 38.5 Å². The van der Waals surface area contributed by atoms with Crippen LogP contribution in [-0.4, -0.2) is 106 Å². The molecule has 15 heteroatoms. The summed E-state index contributed by atoms with van der Waals surface area (Å²) in [5.74, 6) is 1.59. The highest BCUT2D eigenvalue weighted by atomic mass is 16.5. The van der Waals surface area contributed by atoms with Gasteiger partial charge in [0.15, 0.2) is 0 Å². The number of rotatable bonds is 9. The van der Waals surface area contributed by atoms with Gasteiger partial charge in [-0.1, -0.05) is 50.2 Å². The fourth-order valence-electron chi connectivity index (χ4n) is 11.2. The van der Waals surface area contributed by atoms with E-state index in [4.69, 9.17) is 24.2 Å². The molecular formula is C48H56N8O7. The molecule has 10 rings (SSSR count). The van der Waals surface area contributed by atoms with Crippen LogP contribution in [0.15, 0.2) is 48.5 Å². The van der Waals surface area contributed by atoms with Crippen molar-refractivity contribution in [3.05, 3.63) is 71.4 Å². The first-order chi connectivity index (χ1) is 30.6. The van der Waals surface area contributed by atoms with Gasteiger partial charge in [0.1, 0.15) is 23.7 Å². The molecule has 2 bridgehead atoms. The highest BCUT2D eigenvalue weighted by molar-refractivity contribution is 6.05. The monoisotopic (exact) mass is 856 g/mol. The maximum Gasteiger partial charge on any atom is 0.407 e. The number of carbonyl (C=O) groups excluding carboxylic acids is 4. The predicted molar refractivity (Wildman–Crippen MR) is 235 cm³/mol. The summed E-state index contributed by atoms with van der Waals surface area (Å²) in [7, 11) is 2.63. The molecule has 2 aliphatic carbocycles. The van der Waals surface area contributed by atoms with Gasteiger partial charge >= 0.3 is 12.2 Å². The van der Waals surface area contributed by atoms with Gasteiger partial charge in [0.05, 0.1) is 48.7 Å². The lowest BCUT2D eigenvalue weighted by molar-refractivity contribution is -0.139. The van der Waals surface area contributed by atoms with Gasteiger partial charge in [-0.25, -0.2) is 19.6 Å². The molecule has 4 amide bonds. The molecule has 2 aromatic heterocycles. The second kappa shape index (κ2) is 16.6. The molecule has 3 saturated heterocycles. The van der Waals surface area contributed by atoms with Crippen molar-refractivity contribution in [3.8, 4) is 22.4 Å². The minimum Gasteiger partial charge on any atom is -0.453 e. The SMILES string of the molecule is COC(=O)NC(C(=O)N1CCC[C@H]1c1nc2ccc3cc(-c4ccc5c(c4)CCc4nc([C@@H]6[C@H]7CC[C@H](C7)N6C(=O)[C@@H](NC(=O)OC)C(C)C)[nH]c4-5)ccc3c2[nH]1)C1CCOCC1. The zero-order valence-electron chi connectivity index (χ0n) is 36.4. The lowest BCUT2D eigenvalue weighted by atomic mass is 9.89. The molecule has 330 valence electrons. The van der Waals surface area contributed by atoms with E-state index in [9.17, 15) is 19.2 Å². The second-order valence-electron chi connectivity index (χ2n) is 18.4. The molecule has 3 aromatic carbocycles. The van der Waals surface area contributed by atoms with E-state index in [1.807, 2.05) is 29.7 Å². The first kappa shape index (κ1) is 41.1. The first-order valence-corrected chi connectivity index (χ1v) is 22.6. The zero-order chi connectivity index (χ0) is 43.5. The number of methoxy groups -OCH3 is 2. The van der Waals surface area contributed by atoms with Crippen molar-refractivity contribution >= 4 is 45.8 Å². The van der Waals surface area contributed by atoms with Crippen LogP contribution in [0.2, 0.25) is 0 Å². The Morgan fingerprint density at radius 3 is 2.40 bits per heavy atom. The van der Waals surface area contributed by atoms with Crippen LogP contribution < -0.4 is 10.6 Å². The number of nitrogens with zero attached hydrogens (tertiary/aromatic N) is 4. The summed E-state index contributed by atoms with van der Waals surface area (Å²) in [6.07, 6.45) is 6.42. The highest BCUT2D eigenvalue weighted by Gasteiger charge is 2.52. The van der Waals surface area contributed by atoms with Crippen molar-refractivity contribution in [2.24, 2.45) is 17.8 Å². The third-order valence-electron chi connectivity index (χ3n) is 14.5. The van der Waals surface area contributed by atoms with E-state index in [2.05, 4.69) is 63.1 Å². The number of alkyl carbamates (subject to hydrolysis) is 2. The van der Waals surface area contributed by atoms with Gasteiger partial charge < -0.3 is 44.6 Å². The van der Waals surface area contributed by atoms with E-state index in [0.717, 1.165) is 106 Å². The molecule has 1 saturated carbocycles. The molecule has 5 aromatic rings. The van der Waals surface area contributed by atoms with Crippen molar-refractivity contribution in [3.63, 3.8) is 0 Å². The molecule has 0 radical (unpaired) electrons. The number of amides is 4. The number of hydrogen-bond donors (Lipinski definition) is 4. The Hall–Kier alpha value is -5.96. The maximum atomic E-state index is 14.2. The van der Waals surface area contributed by atoms with Crippen LogP contribution in [0.5, 0.6) is 0 Å². The number of benzene rings is 3. The second-order valence-corrected chi connectivity index (χ2v) is 18.4. The summed E-state index contributed by atoms with van der Waals surface area (Å²) in [6, 6.07) is 15.7. The number of nitrogens with one attached hydrogen (secondary N) is 4. The molecule has 15 nitrogen and oxygen atoms in total. The predicted octanol–water partition coefficient (Wildman–Crippen LogP) is 7.12. The third kappa shape index (κ3) is 7.37. The fraction of sp³-hybridized carbons (Fsp3) is 0.500. The van der Waals surface area contributed by atoms with Crippen molar-refractivity contribution in [1.29, 1.82) is 0 Å². The third-order valence-corrected chi connectivity index (χ3v) is 14.5. The smallest absolute Gasteiger partial charge is 0.407 e. The van der Waals surface area contributed by atoms with Crippen molar-refractivity contribution in [1.82, 2.24) is 40.4 Å². The summed E-state index contributed by atoms with van der Waals surface area (Å²) in [4.78, 5) is 74.3. The summed E-state index contributed by atoms with van der Waals surface area (Å²) in [5, 5.41) is 7.77. The van der Waals surface area contributed by atoms with Gasteiger partial charge in [-0.15, -0.1) is 0 Å². The normalized spacial score (nSPS) is 22.9. The summed E-state index contributed by atoms with van der Waals surface area (Å²) in [5.41, 5.74) is 8.47. The first-order valence-electron chi connectivity index (χ1n) is 22.6. The molecule has 1 unspecified atom stereocenters. The number of H-pyrrole nitrogens is 2. The number of aromatic amines is 2. The zero-order valence-corrected chi connectivity index (χ0v) is 36.4. The molecule has 4 N–H and O–H groups in total. The summed E-state index contributed by atoms with van der Waals surface area (Å²) in [6.45, 7) is 5.60.